The van der Waals surface area contributed by atoms with Gasteiger partial charge in [-0.3, -0.25) is 4.79 Å². The highest BCUT2D eigenvalue weighted by atomic mass is 16.5. The number of hydrogen-bond donors (Lipinski definition) is 3. The topological polar surface area (TPSA) is 101 Å². The molecule has 0 radical (unpaired) electrons. The van der Waals surface area contributed by atoms with E-state index in [4.69, 9.17) is 9.72 Å². The van der Waals surface area contributed by atoms with Gasteiger partial charge in [-0.05, 0) is 69.0 Å². The highest BCUT2D eigenvalue weighted by Crippen LogP contribution is 2.46. The van der Waals surface area contributed by atoms with E-state index in [0.29, 0.717) is 23.6 Å². The van der Waals surface area contributed by atoms with Crippen molar-refractivity contribution in [2.24, 2.45) is 5.41 Å². The molecule has 8 nitrogen and oxygen atoms in total. The molecule has 1 aliphatic heterocycles. The molecule has 8 heteroatoms. The number of ether oxygens (including phenoxy) is 1. The van der Waals surface area contributed by atoms with E-state index >= 15 is 0 Å². The molecule has 0 bridgehead atoms. The second-order valence-electron chi connectivity index (χ2n) is 10.5. The van der Waals surface area contributed by atoms with Crippen molar-refractivity contribution in [3.63, 3.8) is 0 Å². The Morgan fingerprint density at radius 2 is 1.95 bits per heavy atom. The molecule has 1 aliphatic carbocycles. The number of nitrogens with one attached hydrogen (secondary N) is 3. The largest absolute Gasteiger partial charge is 0.437 e. The van der Waals surface area contributed by atoms with Crippen LogP contribution in [0.1, 0.15) is 38.2 Å². The van der Waals surface area contributed by atoms with E-state index < -0.39 is 0 Å². The number of aromatic nitrogens is 3. The third-order valence-electron chi connectivity index (χ3n) is 7.54. The summed E-state index contributed by atoms with van der Waals surface area (Å²) in [5.74, 6) is 1.83. The lowest BCUT2D eigenvalue weighted by atomic mass is 10.0. The Balaban J connectivity index is 1.32. The first-order valence-electron chi connectivity index (χ1n) is 13.3. The summed E-state index contributed by atoms with van der Waals surface area (Å²) >= 11 is 0. The van der Waals surface area contributed by atoms with Crippen LogP contribution in [-0.2, 0) is 4.79 Å². The minimum Gasteiger partial charge on any atom is -0.437 e. The monoisotopic (exact) mass is 508 g/mol. The number of aryl methyl sites for hydroxylation is 1. The molecule has 4 aromatic rings. The minimum absolute atomic E-state index is 0.0669. The van der Waals surface area contributed by atoms with Crippen LogP contribution in [0.4, 0.5) is 11.6 Å². The average molecular weight is 509 g/mol. The third-order valence-corrected chi connectivity index (χ3v) is 7.54. The van der Waals surface area contributed by atoms with Gasteiger partial charge in [-0.2, -0.15) is 0 Å². The molecule has 6 rings (SSSR count). The first kappa shape index (κ1) is 24.3. The van der Waals surface area contributed by atoms with Crippen molar-refractivity contribution in [3.05, 3.63) is 66.5 Å². The Bertz CT molecular complexity index is 1490. The van der Waals surface area contributed by atoms with Crippen molar-refractivity contribution in [1.82, 2.24) is 20.3 Å². The summed E-state index contributed by atoms with van der Waals surface area (Å²) in [5, 5.41) is 11.8. The van der Waals surface area contributed by atoms with Crippen LogP contribution in [0.15, 0.2) is 60.9 Å². The lowest BCUT2D eigenvalue weighted by Crippen LogP contribution is -2.38. The summed E-state index contributed by atoms with van der Waals surface area (Å²) < 4.78 is 6.52. The van der Waals surface area contributed by atoms with E-state index in [2.05, 4.69) is 25.9 Å². The van der Waals surface area contributed by atoms with Gasteiger partial charge in [-0.1, -0.05) is 31.2 Å². The Morgan fingerprint density at radius 3 is 2.76 bits per heavy atom. The van der Waals surface area contributed by atoms with Crippen LogP contribution in [0.3, 0.4) is 0 Å². The molecule has 2 fully saturated rings. The molecule has 1 amide bonds. The molecule has 38 heavy (non-hydrogen) atoms. The van der Waals surface area contributed by atoms with Crippen LogP contribution in [-0.4, -0.2) is 40.0 Å². The molecule has 1 saturated heterocycles. The highest BCUT2D eigenvalue weighted by molar-refractivity contribution is 6.06. The normalized spacial score (nSPS) is 18.1. The Morgan fingerprint density at radius 1 is 1.05 bits per heavy atom. The number of carbonyl (C=O) groups is 1. The molecular weight excluding hydrogens is 476 g/mol. The van der Waals surface area contributed by atoms with Crippen LogP contribution in [0, 0.1) is 12.3 Å². The average Bonchev–Trinajstić information content (AvgIpc) is 3.70. The fraction of sp³-hybridized carbons (Fsp3) is 0.333. The number of hydrogen-bond acceptors (Lipinski definition) is 7. The molecule has 1 saturated carbocycles. The molecule has 2 aromatic carbocycles. The first-order valence-corrected chi connectivity index (χ1v) is 13.3. The van der Waals surface area contributed by atoms with Crippen molar-refractivity contribution in [2.75, 3.05) is 23.7 Å². The minimum atomic E-state index is -0.256. The van der Waals surface area contributed by atoms with Crippen molar-refractivity contribution < 1.29 is 9.53 Å². The van der Waals surface area contributed by atoms with Gasteiger partial charge in [0, 0.05) is 46.9 Å². The van der Waals surface area contributed by atoms with E-state index in [-0.39, 0.29) is 11.3 Å². The van der Waals surface area contributed by atoms with E-state index in [1.165, 1.54) is 0 Å². The lowest BCUT2D eigenvalue weighted by Gasteiger charge is -2.23. The number of fused-ring (bicyclic) bond motifs is 1. The zero-order valence-corrected chi connectivity index (χ0v) is 21.8. The summed E-state index contributed by atoms with van der Waals surface area (Å²) in [4.78, 5) is 26.6. The Kier molecular flexibility index (Phi) is 6.41. The van der Waals surface area contributed by atoms with E-state index in [9.17, 15) is 4.79 Å². The van der Waals surface area contributed by atoms with Gasteiger partial charge in [0.2, 0.25) is 17.7 Å². The van der Waals surface area contributed by atoms with Gasteiger partial charge in [0.1, 0.15) is 5.75 Å². The summed E-state index contributed by atoms with van der Waals surface area (Å²) in [5.41, 5.74) is 3.02. The van der Waals surface area contributed by atoms with Crippen molar-refractivity contribution in [3.8, 4) is 22.9 Å². The number of benzene rings is 2. The molecule has 0 spiro atoms. The molecule has 194 valence electrons. The smallest absolute Gasteiger partial charge is 0.230 e. The van der Waals surface area contributed by atoms with Crippen LogP contribution in [0.2, 0.25) is 0 Å². The number of piperidine rings is 1. The van der Waals surface area contributed by atoms with Gasteiger partial charge in [-0.25, -0.2) is 15.0 Å². The van der Waals surface area contributed by atoms with Crippen LogP contribution >= 0.6 is 0 Å². The second-order valence-corrected chi connectivity index (χ2v) is 10.5. The lowest BCUT2D eigenvalue weighted by molar-refractivity contribution is -0.120. The van der Waals surface area contributed by atoms with Crippen molar-refractivity contribution in [1.29, 1.82) is 0 Å². The maximum atomic E-state index is 12.8. The molecule has 2 aliphatic rings. The number of nitrogens with zero attached hydrogens (tertiary/aromatic N) is 3. The standard InChI is InChI=1S/C30H32N6O2/c1-19-10-11-21-22(7-3-9-24(21)35-28(37)30(2)13-14-30)26(19)38-27-23(8-5-16-32-27)25-12-17-33-29(36-25)34-20-6-4-15-31-18-20/h3,5,7-12,16-17,20,31H,4,6,13-15,18H2,1-2H3,(H,35,37)(H,33,34,36)/t20-/m0/s1. The second kappa shape index (κ2) is 10.0. The van der Waals surface area contributed by atoms with E-state index in [1.807, 2.05) is 62.4 Å². The summed E-state index contributed by atoms with van der Waals surface area (Å²) in [7, 11) is 0. The Labute approximate surface area is 222 Å². The van der Waals surface area contributed by atoms with Gasteiger partial charge in [-0.15, -0.1) is 0 Å². The summed E-state index contributed by atoms with van der Waals surface area (Å²) in [6.07, 6.45) is 7.55. The van der Waals surface area contributed by atoms with Gasteiger partial charge >= 0.3 is 0 Å². The van der Waals surface area contributed by atoms with Gasteiger partial charge in [0.25, 0.3) is 0 Å². The molecule has 2 aromatic heterocycles. The zero-order chi connectivity index (χ0) is 26.1. The van der Waals surface area contributed by atoms with Gasteiger partial charge in [0.15, 0.2) is 0 Å². The van der Waals surface area contributed by atoms with E-state index in [1.54, 1.807) is 12.4 Å². The molecule has 0 unspecified atom stereocenters. The van der Waals surface area contributed by atoms with Gasteiger partial charge < -0.3 is 20.7 Å². The quantitative estimate of drug-likeness (QED) is 0.295. The number of anilines is 2. The zero-order valence-electron chi connectivity index (χ0n) is 21.8. The number of carbonyl (C=O) groups excluding carboxylic acids is 1. The summed E-state index contributed by atoms with van der Waals surface area (Å²) in [6, 6.07) is 16.0. The SMILES string of the molecule is Cc1ccc2c(NC(=O)C3(C)CC3)cccc2c1Oc1ncccc1-c1ccnc(N[C@H]2CCCNC2)n1. The Hall–Kier alpha value is -4.04. The first-order chi connectivity index (χ1) is 18.5. The number of pyridine rings is 1. The van der Waals surface area contributed by atoms with Crippen LogP contribution in [0.25, 0.3) is 22.0 Å². The van der Waals surface area contributed by atoms with Crippen molar-refractivity contribution in [2.45, 2.75) is 45.6 Å². The maximum Gasteiger partial charge on any atom is 0.230 e. The van der Waals surface area contributed by atoms with E-state index in [0.717, 1.165) is 72.1 Å². The summed E-state index contributed by atoms with van der Waals surface area (Å²) in [6.45, 7) is 5.97. The highest BCUT2D eigenvalue weighted by Gasteiger charge is 2.44. The predicted octanol–water partition coefficient (Wildman–Crippen LogP) is 5.70. The predicted molar refractivity (Wildman–Crippen MR) is 150 cm³/mol. The van der Waals surface area contributed by atoms with Crippen LogP contribution < -0.4 is 20.7 Å². The maximum absolute atomic E-state index is 12.8. The third kappa shape index (κ3) is 4.91. The molecular formula is C30H32N6O2. The van der Waals surface area contributed by atoms with Gasteiger partial charge in [0.05, 0.1) is 11.3 Å². The fourth-order valence-corrected chi connectivity index (χ4v) is 4.87. The number of rotatable bonds is 7. The number of amides is 1. The molecule has 1 atom stereocenters. The fourth-order valence-electron chi connectivity index (χ4n) is 4.87. The molecule has 3 heterocycles. The van der Waals surface area contributed by atoms with Crippen LogP contribution in [0.5, 0.6) is 11.6 Å². The molecule has 3 N–H and O–H groups in total. The van der Waals surface area contributed by atoms with Crippen molar-refractivity contribution >= 4 is 28.3 Å².